The minimum Gasteiger partial charge on any atom is -0.497 e. The lowest BCUT2D eigenvalue weighted by Gasteiger charge is -2.08. The Labute approximate surface area is 153 Å². The van der Waals surface area contributed by atoms with Crippen LogP contribution in [0.15, 0.2) is 48.5 Å². The van der Waals surface area contributed by atoms with Gasteiger partial charge in [0.05, 0.1) is 19.3 Å². The molecule has 2 aromatic rings. The Kier molecular flexibility index (Phi) is 7.49. The molecule has 0 heterocycles. The summed E-state index contributed by atoms with van der Waals surface area (Å²) in [6, 6.07) is 14.0. The second kappa shape index (κ2) is 10.1. The highest BCUT2D eigenvalue weighted by molar-refractivity contribution is 5.91. The number of amides is 1. The fraction of sp³-hybridized carbons (Fsp3) is 0.300. The van der Waals surface area contributed by atoms with Gasteiger partial charge in [-0.1, -0.05) is 19.1 Å². The third-order valence-electron chi connectivity index (χ3n) is 3.52. The van der Waals surface area contributed by atoms with Gasteiger partial charge in [0.2, 0.25) is 0 Å². The van der Waals surface area contributed by atoms with Gasteiger partial charge in [-0.3, -0.25) is 4.79 Å². The van der Waals surface area contributed by atoms with Crippen LogP contribution in [0.3, 0.4) is 0 Å². The molecule has 6 nitrogen and oxygen atoms in total. The van der Waals surface area contributed by atoms with Crippen molar-refractivity contribution in [1.29, 1.82) is 0 Å². The topological polar surface area (TPSA) is 73.9 Å². The van der Waals surface area contributed by atoms with E-state index in [2.05, 4.69) is 5.32 Å². The normalized spacial score (nSPS) is 10.1. The molecule has 2 rings (SSSR count). The molecule has 0 aromatic heterocycles. The van der Waals surface area contributed by atoms with E-state index in [1.807, 2.05) is 31.2 Å². The molecule has 0 spiro atoms. The van der Waals surface area contributed by atoms with Gasteiger partial charge in [-0.05, 0) is 48.4 Å². The van der Waals surface area contributed by atoms with E-state index < -0.39 is 5.97 Å². The lowest BCUT2D eigenvalue weighted by molar-refractivity contribution is -0.124. The van der Waals surface area contributed by atoms with Crippen LogP contribution in [0.25, 0.3) is 0 Å². The highest BCUT2D eigenvalue weighted by Gasteiger charge is 2.10. The van der Waals surface area contributed by atoms with E-state index >= 15 is 0 Å². The van der Waals surface area contributed by atoms with Crippen molar-refractivity contribution < 1.29 is 23.8 Å². The molecule has 1 N–H and O–H groups in total. The van der Waals surface area contributed by atoms with Crippen LogP contribution in [0.2, 0.25) is 0 Å². The van der Waals surface area contributed by atoms with E-state index in [9.17, 15) is 9.59 Å². The average molecular weight is 357 g/mol. The van der Waals surface area contributed by atoms with Gasteiger partial charge in [0.25, 0.3) is 5.91 Å². The number of benzene rings is 2. The Morgan fingerprint density at radius 2 is 1.81 bits per heavy atom. The van der Waals surface area contributed by atoms with Gasteiger partial charge in [-0.15, -0.1) is 0 Å². The van der Waals surface area contributed by atoms with Crippen molar-refractivity contribution in [3.63, 3.8) is 0 Å². The first kappa shape index (κ1) is 19.3. The zero-order valence-corrected chi connectivity index (χ0v) is 15.0. The van der Waals surface area contributed by atoms with Crippen LogP contribution in [-0.4, -0.2) is 32.2 Å². The Morgan fingerprint density at radius 3 is 2.50 bits per heavy atom. The maximum Gasteiger partial charge on any atom is 0.338 e. The van der Waals surface area contributed by atoms with Crippen LogP contribution in [0, 0.1) is 0 Å². The predicted octanol–water partition coefficient (Wildman–Crippen LogP) is 2.96. The van der Waals surface area contributed by atoms with Gasteiger partial charge in [0.1, 0.15) is 11.5 Å². The van der Waals surface area contributed by atoms with Crippen molar-refractivity contribution in [3.05, 3.63) is 59.7 Å². The van der Waals surface area contributed by atoms with Gasteiger partial charge in [0.15, 0.2) is 6.61 Å². The molecule has 0 bridgehead atoms. The molecule has 0 fully saturated rings. The molecule has 1 amide bonds. The van der Waals surface area contributed by atoms with Crippen LogP contribution >= 0.6 is 0 Å². The summed E-state index contributed by atoms with van der Waals surface area (Å²) in [7, 11) is 1.58. The van der Waals surface area contributed by atoms with Crippen molar-refractivity contribution in [2.45, 2.75) is 19.9 Å². The number of nitrogens with one attached hydrogen (secondary N) is 1. The molecule has 26 heavy (non-hydrogen) atoms. The zero-order valence-electron chi connectivity index (χ0n) is 15.0. The van der Waals surface area contributed by atoms with Crippen molar-refractivity contribution in [1.82, 2.24) is 5.32 Å². The van der Waals surface area contributed by atoms with Crippen molar-refractivity contribution in [3.8, 4) is 11.5 Å². The van der Waals surface area contributed by atoms with Crippen molar-refractivity contribution >= 4 is 11.9 Å². The van der Waals surface area contributed by atoms with Gasteiger partial charge in [-0.25, -0.2) is 4.79 Å². The van der Waals surface area contributed by atoms with E-state index in [1.165, 1.54) is 0 Å². The quantitative estimate of drug-likeness (QED) is 0.699. The minimum absolute atomic E-state index is 0.330. The molecule has 0 saturated heterocycles. The second-order valence-electron chi connectivity index (χ2n) is 5.58. The van der Waals surface area contributed by atoms with Gasteiger partial charge < -0.3 is 19.5 Å². The first-order chi connectivity index (χ1) is 12.6. The molecule has 138 valence electrons. The molecule has 0 atom stereocenters. The summed E-state index contributed by atoms with van der Waals surface area (Å²) in [6.45, 7) is 2.64. The summed E-state index contributed by atoms with van der Waals surface area (Å²) < 4.78 is 15.6. The number of methoxy groups -OCH3 is 1. The maximum atomic E-state index is 12.0. The number of ether oxygens (including phenoxy) is 3. The van der Waals surface area contributed by atoms with E-state index in [0.29, 0.717) is 24.5 Å². The predicted molar refractivity (Wildman–Crippen MR) is 97.4 cm³/mol. The van der Waals surface area contributed by atoms with E-state index in [-0.39, 0.29) is 12.5 Å². The first-order valence-corrected chi connectivity index (χ1v) is 8.42. The van der Waals surface area contributed by atoms with Gasteiger partial charge in [-0.2, -0.15) is 0 Å². The largest absolute Gasteiger partial charge is 0.497 e. The number of esters is 1. The molecule has 2 aromatic carbocycles. The van der Waals surface area contributed by atoms with Crippen LogP contribution in [0.1, 0.15) is 29.3 Å². The third-order valence-corrected chi connectivity index (χ3v) is 3.52. The molecule has 0 aliphatic heterocycles. The number of rotatable bonds is 9. The Hall–Kier alpha value is -3.02. The van der Waals surface area contributed by atoms with E-state index in [0.717, 1.165) is 17.7 Å². The van der Waals surface area contributed by atoms with Crippen molar-refractivity contribution in [2.24, 2.45) is 0 Å². The van der Waals surface area contributed by atoms with Gasteiger partial charge in [0, 0.05) is 6.54 Å². The molecule has 0 aliphatic carbocycles. The smallest absolute Gasteiger partial charge is 0.338 e. The summed E-state index contributed by atoms with van der Waals surface area (Å²) in [6.07, 6.45) is 0.911. The van der Waals surface area contributed by atoms with Crippen LogP contribution < -0.4 is 14.8 Å². The minimum atomic E-state index is -0.552. The summed E-state index contributed by atoms with van der Waals surface area (Å²) in [5.74, 6) is 0.488. The lowest BCUT2D eigenvalue weighted by atomic mass is 10.2. The molecular formula is C20H23NO5. The van der Waals surface area contributed by atoms with Crippen LogP contribution in [0.4, 0.5) is 0 Å². The molecule has 0 saturated carbocycles. The highest BCUT2D eigenvalue weighted by atomic mass is 16.5. The monoisotopic (exact) mass is 357 g/mol. The van der Waals surface area contributed by atoms with Crippen LogP contribution in [0.5, 0.6) is 11.5 Å². The Bertz CT molecular complexity index is 727. The first-order valence-electron chi connectivity index (χ1n) is 8.42. The third kappa shape index (κ3) is 6.12. The molecule has 0 radical (unpaired) electrons. The number of carbonyl (C=O) groups is 2. The lowest BCUT2D eigenvalue weighted by Crippen LogP contribution is -2.28. The maximum absolute atomic E-state index is 12.0. The standard InChI is InChI=1S/C20H23NO5/c1-3-11-25-17-9-7-16(8-10-17)20(23)26-14-19(22)21-13-15-5-4-6-18(12-15)24-2/h4-10,12H,3,11,13-14H2,1-2H3,(H,21,22). The summed E-state index contributed by atoms with van der Waals surface area (Å²) in [5.41, 5.74) is 1.26. The number of carbonyl (C=O) groups excluding carboxylic acids is 2. The molecular weight excluding hydrogens is 334 g/mol. The fourth-order valence-corrected chi connectivity index (χ4v) is 2.16. The number of hydrogen-bond donors (Lipinski definition) is 1. The molecule has 0 unspecified atom stereocenters. The molecule has 6 heteroatoms. The molecule has 0 aliphatic rings. The summed E-state index contributed by atoms with van der Waals surface area (Å²) in [4.78, 5) is 23.8. The zero-order chi connectivity index (χ0) is 18.8. The number of hydrogen-bond acceptors (Lipinski definition) is 5. The average Bonchev–Trinajstić information content (AvgIpc) is 2.69. The van der Waals surface area contributed by atoms with Gasteiger partial charge >= 0.3 is 5.97 Å². The van der Waals surface area contributed by atoms with Crippen molar-refractivity contribution in [2.75, 3.05) is 20.3 Å². The summed E-state index contributed by atoms with van der Waals surface area (Å²) in [5, 5.41) is 2.70. The van der Waals surface area contributed by atoms with Crippen LogP contribution in [-0.2, 0) is 16.1 Å². The second-order valence-corrected chi connectivity index (χ2v) is 5.58. The summed E-state index contributed by atoms with van der Waals surface area (Å²) >= 11 is 0. The fourth-order valence-electron chi connectivity index (χ4n) is 2.16. The SMILES string of the molecule is CCCOc1ccc(C(=O)OCC(=O)NCc2cccc(OC)c2)cc1. The van der Waals surface area contributed by atoms with E-state index in [1.54, 1.807) is 31.4 Å². The Morgan fingerprint density at radius 1 is 1.04 bits per heavy atom. The highest BCUT2D eigenvalue weighted by Crippen LogP contribution is 2.14. The van der Waals surface area contributed by atoms with E-state index in [4.69, 9.17) is 14.2 Å². The Balaban J connectivity index is 1.76.